The number of aromatic nitrogens is 2. The molecule has 0 unspecified atom stereocenters. The number of hydrogen-bond donors (Lipinski definition) is 1. The maximum Gasteiger partial charge on any atom is 0.229 e. The molecule has 1 atom stereocenters. The summed E-state index contributed by atoms with van der Waals surface area (Å²) in [4.78, 5) is 33.9. The predicted octanol–water partition coefficient (Wildman–Crippen LogP) is 4.19. The lowest BCUT2D eigenvalue weighted by molar-refractivity contribution is -0.122. The van der Waals surface area contributed by atoms with E-state index in [1.165, 1.54) is 0 Å². The van der Waals surface area contributed by atoms with Crippen molar-refractivity contribution in [3.63, 3.8) is 0 Å². The molecule has 2 aromatic carbocycles. The summed E-state index contributed by atoms with van der Waals surface area (Å²) in [7, 11) is 0. The molecular weight excluding hydrogens is 418 g/mol. The quantitative estimate of drug-likeness (QED) is 0.584. The summed E-state index contributed by atoms with van der Waals surface area (Å²) >= 11 is 0. The van der Waals surface area contributed by atoms with Crippen LogP contribution >= 0.6 is 0 Å². The van der Waals surface area contributed by atoms with E-state index in [1.807, 2.05) is 43.3 Å². The number of amides is 2. The largest absolute Gasteiger partial charge is 0.372 e. The fourth-order valence-corrected chi connectivity index (χ4v) is 4.17. The van der Waals surface area contributed by atoms with Gasteiger partial charge in [-0.2, -0.15) is 4.98 Å². The molecular formula is C25H29N5O3. The normalized spacial score (nSPS) is 15.7. The van der Waals surface area contributed by atoms with Crippen molar-refractivity contribution >= 4 is 28.9 Å². The summed E-state index contributed by atoms with van der Waals surface area (Å²) < 4.78 is 5.06. The van der Waals surface area contributed by atoms with Gasteiger partial charge in [0.25, 0.3) is 0 Å². The molecule has 0 aliphatic carbocycles. The predicted molar refractivity (Wildman–Crippen MR) is 128 cm³/mol. The number of aryl methyl sites for hydroxylation is 2. The number of anilines is 3. The third kappa shape index (κ3) is 4.74. The van der Waals surface area contributed by atoms with Gasteiger partial charge < -0.3 is 19.6 Å². The minimum Gasteiger partial charge on any atom is -0.372 e. The smallest absolute Gasteiger partial charge is 0.229 e. The number of hydrogen-bond acceptors (Lipinski definition) is 6. The van der Waals surface area contributed by atoms with Gasteiger partial charge in [0.2, 0.25) is 23.5 Å². The highest BCUT2D eigenvalue weighted by atomic mass is 16.5. The SMILES string of the molecule is CCN(CC)c1ccc(NC(=O)[C@@H]2CC(=O)N(c3cccc(-c4noc(C)n4)c3)C2)c(C)c1. The molecule has 1 N–H and O–H groups in total. The standard InChI is InChI=1S/C25H29N5O3/c1-5-29(6-2)20-10-11-22(16(3)12-20)27-25(32)19-14-23(31)30(15-19)21-9-7-8-18(13-21)24-26-17(4)33-28-24/h7-13,19H,5-6,14-15H2,1-4H3,(H,27,32)/t19-/m1/s1. The Labute approximate surface area is 193 Å². The lowest BCUT2D eigenvalue weighted by Gasteiger charge is -2.22. The number of rotatable bonds is 7. The Morgan fingerprint density at radius 1 is 1.18 bits per heavy atom. The van der Waals surface area contributed by atoms with Crippen molar-refractivity contribution in [3.8, 4) is 11.4 Å². The van der Waals surface area contributed by atoms with Gasteiger partial charge in [-0.3, -0.25) is 9.59 Å². The second-order valence-corrected chi connectivity index (χ2v) is 8.25. The fourth-order valence-electron chi connectivity index (χ4n) is 4.17. The first-order valence-corrected chi connectivity index (χ1v) is 11.3. The van der Waals surface area contributed by atoms with Crippen LogP contribution in [0.4, 0.5) is 17.1 Å². The van der Waals surface area contributed by atoms with Crippen LogP contribution in [0.1, 0.15) is 31.7 Å². The summed E-state index contributed by atoms with van der Waals surface area (Å²) in [6.07, 6.45) is 0.175. The topological polar surface area (TPSA) is 91.6 Å². The average molecular weight is 448 g/mol. The maximum absolute atomic E-state index is 13.0. The van der Waals surface area contributed by atoms with Crippen molar-refractivity contribution < 1.29 is 14.1 Å². The summed E-state index contributed by atoms with van der Waals surface area (Å²) in [5.74, 6) is 0.304. The van der Waals surface area contributed by atoms with Crippen LogP contribution in [0.3, 0.4) is 0 Å². The molecule has 2 heterocycles. The van der Waals surface area contributed by atoms with Gasteiger partial charge >= 0.3 is 0 Å². The Kier molecular flexibility index (Phi) is 6.44. The van der Waals surface area contributed by atoms with Gasteiger partial charge in [0.05, 0.1) is 5.92 Å². The highest BCUT2D eigenvalue weighted by Gasteiger charge is 2.35. The van der Waals surface area contributed by atoms with Gasteiger partial charge in [-0.05, 0) is 56.7 Å². The fraction of sp³-hybridized carbons (Fsp3) is 0.360. The molecule has 0 bridgehead atoms. The van der Waals surface area contributed by atoms with Crippen molar-refractivity contribution in [2.75, 3.05) is 34.8 Å². The molecule has 3 aromatic rings. The molecule has 0 radical (unpaired) electrons. The molecule has 172 valence electrons. The van der Waals surface area contributed by atoms with E-state index in [1.54, 1.807) is 11.8 Å². The van der Waals surface area contributed by atoms with Crippen LogP contribution in [0.2, 0.25) is 0 Å². The van der Waals surface area contributed by atoms with Crippen LogP contribution in [-0.4, -0.2) is 41.6 Å². The Hall–Kier alpha value is -3.68. The number of carbonyl (C=O) groups is 2. The van der Waals surface area contributed by atoms with Crippen LogP contribution in [0.25, 0.3) is 11.4 Å². The van der Waals surface area contributed by atoms with Gasteiger partial charge in [-0.1, -0.05) is 17.3 Å². The lowest BCUT2D eigenvalue weighted by Crippen LogP contribution is -2.28. The Morgan fingerprint density at radius 2 is 1.97 bits per heavy atom. The number of benzene rings is 2. The Bertz CT molecular complexity index is 1170. The zero-order valence-corrected chi connectivity index (χ0v) is 19.5. The van der Waals surface area contributed by atoms with E-state index >= 15 is 0 Å². The molecule has 1 aliphatic rings. The minimum atomic E-state index is -0.421. The Balaban J connectivity index is 1.46. The van der Waals surface area contributed by atoms with E-state index in [9.17, 15) is 9.59 Å². The second-order valence-electron chi connectivity index (χ2n) is 8.25. The van der Waals surface area contributed by atoms with Crippen molar-refractivity contribution in [2.24, 2.45) is 5.92 Å². The molecule has 0 spiro atoms. The van der Waals surface area contributed by atoms with Crippen molar-refractivity contribution in [2.45, 2.75) is 34.1 Å². The monoisotopic (exact) mass is 447 g/mol. The molecule has 4 rings (SSSR count). The first-order chi connectivity index (χ1) is 15.9. The molecule has 1 aromatic heterocycles. The van der Waals surface area contributed by atoms with Crippen LogP contribution in [0.5, 0.6) is 0 Å². The molecule has 0 saturated carbocycles. The molecule has 1 saturated heterocycles. The highest BCUT2D eigenvalue weighted by molar-refractivity contribution is 6.04. The van der Waals surface area contributed by atoms with Crippen LogP contribution < -0.4 is 15.1 Å². The van der Waals surface area contributed by atoms with Gasteiger partial charge in [0.15, 0.2) is 0 Å². The molecule has 33 heavy (non-hydrogen) atoms. The van der Waals surface area contributed by atoms with Crippen molar-refractivity contribution in [1.29, 1.82) is 0 Å². The third-order valence-electron chi connectivity index (χ3n) is 6.04. The van der Waals surface area contributed by atoms with E-state index in [0.29, 0.717) is 18.3 Å². The van der Waals surface area contributed by atoms with Gasteiger partial charge in [-0.25, -0.2) is 0 Å². The zero-order chi connectivity index (χ0) is 23.5. The number of carbonyl (C=O) groups excluding carboxylic acids is 2. The van der Waals surface area contributed by atoms with Gasteiger partial charge in [0, 0.05) is 55.6 Å². The van der Waals surface area contributed by atoms with Gasteiger partial charge in [0.1, 0.15) is 0 Å². The average Bonchev–Trinajstić information content (AvgIpc) is 3.42. The molecule has 8 nitrogen and oxygen atoms in total. The molecule has 1 aliphatic heterocycles. The number of nitrogens with one attached hydrogen (secondary N) is 1. The Morgan fingerprint density at radius 3 is 2.64 bits per heavy atom. The van der Waals surface area contributed by atoms with E-state index < -0.39 is 5.92 Å². The summed E-state index contributed by atoms with van der Waals surface area (Å²) in [6.45, 7) is 10.1. The highest BCUT2D eigenvalue weighted by Crippen LogP contribution is 2.30. The molecule has 8 heteroatoms. The third-order valence-corrected chi connectivity index (χ3v) is 6.04. The van der Waals surface area contributed by atoms with Crippen LogP contribution in [0, 0.1) is 19.8 Å². The van der Waals surface area contributed by atoms with Crippen molar-refractivity contribution in [1.82, 2.24) is 10.1 Å². The van der Waals surface area contributed by atoms with E-state index in [-0.39, 0.29) is 18.2 Å². The van der Waals surface area contributed by atoms with Crippen LogP contribution in [0.15, 0.2) is 47.0 Å². The molecule has 1 fully saturated rings. The van der Waals surface area contributed by atoms with Crippen LogP contribution in [-0.2, 0) is 9.59 Å². The molecule has 2 amide bonds. The van der Waals surface area contributed by atoms with E-state index in [0.717, 1.165) is 41.3 Å². The van der Waals surface area contributed by atoms with Gasteiger partial charge in [-0.15, -0.1) is 0 Å². The maximum atomic E-state index is 13.0. The summed E-state index contributed by atoms with van der Waals surface area (Å²) in [5, 5.41) is 6.96. The minimum absolute atomic E-state index is 0.0785. The first kappa shape index (κ1) is 22.5. The summed E-state index contributed by atoms with van der Waals surface area (Å²) in [6, 6.07) is 13.4. The first-order valence-electron chi connectivity index (χ1n) is 11.3. The van der Waals surface area contributed by atoms with E-state index in [2.05, 4.69) is 40.3 Å². The van der Waals surface area contributed by atoms with Crippen molar-refractivity contribution in [3.05, 3.63) is 53.9 Å². The van der Waals surface area contributed by atoms with E-state index in [4.69, 9.17) is 4.52 Å². The number of nitrogens with zero attached hydrogens (tertiary/aromatic N) is 4. The zero-order valence-electron chi connectivity index (χ0n) is 19.5. The second kappa shape index (κ2) is 9.44. The summed E-state index contributed by atoms with van der Waals surface area (Å²) in [5.41, 5.74) is 4.38. The lowest BCUT2D eigenvalue weighted by atomic mass is 10.1.